The first kappa shape index (κ1) is 30.6. The van der Waals surface area contributed by atoms with Gasteiger partial charge in [0.1, 0.15) is 16.9 Å². The van der Waals surface area contributed by atoms with E-state index in [1.54, 1.807) is 76.7 Å². The molecule has 38 heavy (non-hydrogen) atoms. The Morgan fingerprint density at radius 2 is 1.16 bits per heavy atom. The number of carboxylic acids is 1. The summed E-state index contributed by atoms with van der Waals surface area (Å²) in [5.41, 5.74) is 4.70. The maximum atomic E-state index is 13.0. The van der Waals surface area contributed by atoms with E-state index < -0.39 is 23.6 Å². The molecule has 2 aromatic carbocycles. The van der Waals surface area contributed by atoms with Crippen LogP contribution in [0.1, 0.15) is 37.8 Å². The maximum absolute atomic E-state index is 13.0. The molecule has 2 aromatic rings. The number of rotatable bonds is 13. The molecule has 0 heterocycles. The van der Waals surface area contributed by atoms with Crippen molar-refractivity contribution in [2.24, 2.45) is 0 Å². The molecule has 2 amide bonds. The van der Waals surface area contributed by atoms with Crippen LogP contribution in [0.25, 0.3) is 0 Å². The second-order valence-electron chi connectivity index (χ2n) is 9.18. The third-order valence-corrected chi connectivity index (χ3v) is 6.03. The molecule has 208 valence electrons. The summed E-state index contributed by atoms with van der Waals surface area (Å²) in [4.78, 5) is 39.1. The van der Waals surface area contributed by atoms with Gasteiger partial charge in [-0.3, -0.25) is 15.6 Å². The van der Waals surface area contributed by atoms with Crippen molar-refractivity contribution in [3.8, 4) is 11.5 Å². The lowest BCUT2D eigenvalue weighted by Crippen LogP contribution is -2.39. The van der Waals surface area contributed by atoms with Crippen LogP contribution in [0.15, 0.2) is 48.5 Å². The van der Waals surface area contributed by atoms with Crippen LogP contribution in [0.5, 0.6) is 11.5 Å². The van der Waals surface area contributed by atoms with Crippen LogP contribution in [0, 0.1) is 0 Å². The fraction of sp³-hybridized carbons (Fsp3) is 0.444. The van der Waals surface area contributed by atoms with Crippen molar-refractivity contribution in [1.82, 2.24) is 25.8 Å². The first-order valence-corrected chi connectivity index (χ1v) is 12.5. The Hall–Kier alpha value is -3.67. The molecule has 11 nitrogen and oxygen atoms in total. The highest BCUT2D eigenvalue weighted by Gasteiger charge is 2.42. The number of benzene rings is 2. The molecule has 11 heteroatoms. The Labute approximate surface area is 224 Å². The number of nitrogens with zero attached hydrogens (tertiary/aromatic N) is 3. The smallest absolute Gasteiger partial charge is 0.427 e. The number of hydrogen-bond donors (Lipinski definition) is 3. The number of hydrogen-bond acceptors (Lipinski definition) is 8. The van der Waals surface area contributed by atoms with Gasteiger partial charge < -0.3 is 19.5 Å². The SMILES string of the molecule is CCN(CC)CCCC(C(=O)O)(c1ccc(OC(=O)NN(C)C)cc1)c1ccc(OC(=O)NN(C)C)cc1. The van der Waals surface area contributed by atoms with Gasteiger partial charge in [-0.2, -0.15) is 0 Å². The second kappa shape index (κ2) is 14.3. The molecular formula is C27H39N5O6. The fourth-order valence-corrected chi connectivity index (χ4v) is 4.16. The Morgan fingerprint density at radius 1 is 0.763 bits per heavy atom. The van der Waals surface area contributed by atoms with E-state index in [4.69, 9.17) is 9.47 Å². The number of amides is 2. The van der Waals surface area contributed by atoms with Crippen LogP contribution in [-0.2, 0) is 10.2 Å². The minimum atomic E-state index is -1.37. The summed E-state index contributed by atoms with van der Waals surface area (Å²) in [6, 6.07) is 13.0. The summed E-state index contributed by atoms with van der Waals surface area (Å²) in [6.07, 6.45) is -0.330. The molecule has 0 aromatic heterocycles. The van der Waals surface area contributed by atoms with Gasteiger partial charge in [-0.1, -0.05) is 38.1 Å². The lowest BCUT2D eigenvalue weighted by molar-refractivity contribution is -0.142. The van der Waals surface area contributed by atoms with Gasteiger partial charge in [-0.05, 0) is 67.9 Å². The van der Waals surface area contributed by atoms with Gasteiger partial charge >= 0.3 is 18.2 Å². The standard InChI is InChI=1S/C27H39N5O6/c1-7-32(8-2)19-9-18-27(24(33)34,20-10-14-22(15-11-20)37-25(35)28-30(3)4)21-12-16-23(17-13-21)38-26(36)29-31(5)6/h10-17H,7-9,18-19H2,1-6H3,(H,28,35)(H,29,36)(H,33,34). The number of hydrazine groups is 2. The van der Waals surface area contributed by atoms with Gasteiger partial charge in [-0.25, -0.2) is 19.6 Å². The molecule has 0 radical (unpaired) electrons. The highest BCUT2D eigenvalue weighted by atomic mass is 16.6. The van der Waals surface area contributed by atoms with Crippen molar-refractivity contribution in [2.75, 3.05) is 47.8 Å². The molecular weight excluding hydrogens is 490 g/mol. The van der Waals surface area contributed by atoms with Crippen LogP contribution in [0.2, 0.25) is 0 Å². The summed E-state index contributed by atoms with van der Waals surface area (Å²) in [5.74, 6) is -0.438. The van der Waals surface area contributed by atoms with Gasteiger partial charge in [0, 0.05) is 28.2 Å². The number of aliphatic carboxylic acids is 1. The van der Waals surface area contributed by atoms with Crippen molar-refractivity contribution < 1.29 is 29.0 Å². The van der Waals surface area contributed by atoms with E-state index in [-0.39, 0.29) is 11.5 Å². The van der Waals surface area contributed by atoms with Gasteiger partial charge in [0.05, 0.1) is 0 Å². The van der Waals surface area contributed by atoms with Gasteiger partial charge in [-0.15, -0.1) is 0 Å². The number of carbonyl (C=O) groups excluding carboxylic acids is 2. The van der Waals surface area contributed by atoms with Crippen molar-refractivity contribution in [1.29, 1.82) is 0 Å². The molecule has 0 bridgehead atoms. The highest BCUT2D eigenvalue weighted by Crippen LogP contribution is 2.39. The lowest BCUT2D eigenvalue weighted by Gasteiger charge is -2.32. The first-order valence-electron chi connectivity index (χ1n) is 12.5. The molecule has 0 aliphatic heterocycles. The maximum Gasteiger partial charge on any atom is 0.427 e. The van der Waals surface area contributed by atoms with Crippen molar-refractivity contribution in [2.45, 2.75) is 32.1 Å². The van der Waals surface area contributed by atoms with Gasteiger partial charge in [0.25, 0.3) is 0 Å². The molecule has 0 spiro atoms. The van der Waals surface area contributed by atoms with Crippen LogP contribution in [0.4, 0.5) is 9.59 Å². The highest BCUT2D eigenvalue weighted by molar-refractivity contribution is 5.86. The van der Waals surface area contributed by atoms with E-state index in [1.807, 2.05) is 0 Å². The van der Waals surface area contributed by atoms with Crippen LogP contribution in [-0.4, -0.2) is 86.0 Å². The largest absolute Gasteiger partial charge is 0.480 e. The minimum absolute atomic E-state index is 0.284. The molecule has 0 atom stereocenters. The molecule has 0 aliphatic rings. The van der Waals surface area contributed by atoms with Gasteiger partial charge in [0.2, 0.25) is 0 Å². The van der Waals surface area contributed by atoms with Crippen LogP contribution >= 0.6 is 0 Å². The molecule has 2 rings (SSSR count). The zero-order valence-electron chi connectivity index (χ0n) is 23.0. The summed E-state index contributed by atoms with van der Waals surface area (Å²) in [7, 11) is 6.65. The molecule has 0 saturated heterocycles. The summed E-state index contributed by atoms with van der Waals surface area (Å²) in [6.45, 7) is 6.64. The average Bonchev–Trinajstić information content (AvgIpc) is 2.84. The average molecular weight is 530 g/mol. The number of ether oxygens (including phenoxy) is 2. The number of nitrogens with one attached hydrogen (secondary N) is 2. The molecule has 0 unspecified atom stereocenters. The van der Waals surface area contributed by atoms with Crippen molar-refractivity contribution in [3.05, 3.63) is 59.7 Å². The molecule has 0 fully saturated rings. The first-order chi connectivity index (χ1) is 18.0. The summed E-state index contributed by atoms with van der Waals surface area (Å²) >= 11 is 0. The lowest BCUT2D eigenvalue weighted by atomic mass is 9.71. The van der Waals surface area contributed by atoms with Crippen molar-refractivity contribution >= 4 is 18.2 Å². The van der Waals surface area contributed by atoms with E-state index in [1.165, 1.54) is 10.0 Å². The van der Waals surface area contributed by atoms with E-state index in [0.717, 1.165) is 19.6 Å². The zero-order chi connectivity index (χ0) is 28.3. The summed E-state index contributed by atoms with van der Waals surface area (Å²) in [5, 5.41) is 13.5. The quantitative estimate of drug-likeness (QED) is 0.335. The normalized spacial score (nSPS) is 11.5. The Balaban J connectivity index is 2.41. The van der Waals surface area contributed by atoms with Gasteiger partial charge in [0.15, 0.2) is 0 Å². The summed E-state index contributed by atoms with van der Waals surface area (Å²) < 4.78 is 10.6. The molecule has 0 aliphatic carbocycles. The Bertz CT molecular complexity index is 985. The van der Waals surface area contributed by atoms with Crippen LogP contribution < -0.4 is 20.3 Å². The number of carboxylic acid groups (broad SMARTS) is 1. The van der Waals surface area contributed by atoms with E-state index >= 15 is 0 Å². The third-order valence-electron chi connectivity index (χ3n) is 6.03. The van der Waals surface area contributed by atoms with E-state index in [9.17, 15) is 19.5 Å². The Kier molecular flexibility index (Phi) is 11.5. The monoisotopic (exact) mass is 529 g/mol. The van der Waals surface area contributed by atoms with Crippen LogP contribution in [0.3, 0.4) is 0 Å². The topological polar surface area (TPSA) is 124 Å². The Morgan fingerprint density at radius 3 is 1.47 bits per heavy atom. The predicted octanol–water partition coefficient (Wildman–Crippen LogP) is 3.31. The minimum Gasteiger partial charge on any atom is -0.480 e. The van der Waals surface area contributed by atoms with Crippen molar-refractivity contribution in [3.63, 3.8) is 0 Å². The third kappa shape index (κ3) is 8.44. The zero-order valence-corrected chi connectivity index (χ0v) is 23.0. The molecule has 3 N–H and O–H groups in total. The fourth-order valence-electron chi connectivity index (χ4n) is 4.16. The predicted molar refractivity (Wildman–Crippen MR) is 144 cm³/mol. The van der Waals surface area contributed by atoms with E-state index in [2.05, 4.69) is 29.6 Å². The molecule has 0 saturated carbocycles. The second-order valence-corrected chi connectivity index (χ2v) is 9.18. The number of carbonyl (C=O) groups is 3. The van der Waals surface area contributed by atoms with E-state index in [0.29, 0.717) is 24.0 Å².